The van der Waals surface area contributed by atoms with Crippen molar-refractivity contribution in [3.63, 3.8) is 0 Å². The fourth-order valence-corrected chi connectivity index (χ4v) is 3.33. The van der Waals surface area contributed by atoms with Crippen LogP contribution in [0.3, 0.4) is 0 Å². The van der Waals surface area contributed by atoms with Crippen molar-refractivity contribution < 1.29 is 4.79 Å². The topological polar surface area (TPSA) is 46.3 Å². The van der Waals surface area contributed by atoms with Gasteiger partial charge in [-0.05, 0) is 50.5 Å². The van der Waals surface area contributed by atoms with Crippen LogP contribution in [0.25, 0.3) is 0 Å². The first-order chi connectivity index (χ1) is 8.06. The second kappa shape index (κ2) is 4.97. The number of nitrogens with two attached hydrogens (primary N) is 1. The van der Waals surface area contributed by atoms with E-state index in [9.17, 15) is 4.79 Å². The van der Waals surface area contributed by atoms with E-state index in [1.165, 1.54) is 6.42 Å². The van der Waals surface area contributed by atoms with Gasteiger partial charge in [0.25, 0.3) is 0 Å². The number of nitrogens with zero attached hydrogens (tertiary/aromatic N) is 1. The van der Waals surface area contributed by atoms with E-state index in [1.807, 2.05) is 0 Å². The fraction of sp³-hybridized carbons (Fsp3) is 0.929. The molecule has 2 unspecified atom stereocenters. The third kappa shape index (κ3) is 2.65. The van der Waals surface area contributed by atoms with E-state index in [0.29, 0.717) is 24.9 Å². The smallest absolute Gasteiger partial charge is 0.223 e. The molecule has 3 nitrogen and oxygen atoms in total. The first-order valence-corrected chi connectivity index (χ1v) is 7.06. The maximum absolute atomic E-state index is 12.4. The Morgan fingerprint density at radius 3 is 2.59 bits per heavy atom. The quantitative estimate of drug-likeness (QED) is 0.819. The molecule has 2 rings (SSSR count). The summed E-state index contributed by atoms with van der Waals surface area (Å²) in [4.78, 5) is 14.4. The summed E-state index contributed by atoms with van der Waals surface area (Å²) in [6.07, 6.45) is 6.54. The lowest BCUT2D eigenvalue weighted by molar-refractivity contribution is -0.139. The summed E-state index contributed by atoms with van der Waals surface area (Å²) in [7, 11) is 0. The Bertz CT molecular complexity index is 280. The lowest BCUT2D eigenvalue weighted by Gasteiger charge is -2.44. The number of carbonyl (C=O) groups is 1. The molecule has 0 bridgehead atoms. The first-order valence-electron chi connectivity index (χ1n) is 7.06. The van der Waals surface area contributed by atoms with E-state index in [-0.39, 0.29) is 5.41 Å². The van der Waals surface area contributed by atoms with Gasteiger partial charge < -0.3 is 10.6 Å². The van der Waals surface area contributed by atoms with Crippen LogP contribution in [-0.4, -0.2) is 29.9 Å². The normalized spacial score (nSPS) is 32.1. The average Bonchev–Trinajstić information content (AvgIpc) is 2.23. The van der Waals surface area contributed by atoms with Crippen LogP contribution in [-0.2, 0) is 4.79 Å². The van der Waals surface area contributed by atoms with Crippen molar-refractivity contribution in [1.82, 2.24) is 4.90 Å². The predicted octanol–water partition coefficient (Wildman–Crippen LogP) is 2.15. The zero-order valence-electron chi connectivity index (χ0n) is 11.2. The van der Waals surface area contributed by atoms with Gasteiger partial charge in [0.1, 0.15) is 0 Å². The summed E-state index contributed by atoms with van der Waals surface area (Å²) in [6, 6.07) is 0.418. The van der Waals surface area contributed by atoms with Crippen LogP contribution >= 0.6 is 0 Å². The highest BCUT2D eigenvalue weighted by atomic mass is 16.2. The highest BCUT2D eigenvalue weighted by Gasteiger charge is 2.39. The molecule has 2 atom stereocenters. The molecule has 1 aliphatic carbocycles. The van der Waals surface area contributed by atoms with Gasteiger partial charge in [-0.15, -0.1) is 0 Å². The van der Waals surface area contributed by atoms with Crippen molar-refractivity contribution in [2.45, 2.75) is 58.4 Å². The third-order valence-corrected chi connectivity index (χ3v) is 4.83. The summed E-state index contributed by atoms with van der Waals surface area (Å²) in [5, 5.41) is 0. The molecule has 98 valence electrons. The maximum Gasteiger partial charge on any atom is 0.223 e. The Balaban J connectivity index is 1.91. The minimum absolute atomic E-state index is 0.153. The Morgan fingerprint density at radius 1 is 1.41 bits per heavy atom. The molecule has 0 aromatic rings. The number of rotatable bonds is 3. The van der Waals surface area contributed by atoms with Gasteiger partial charge >= 0.3 is 0 Å². The Hall–Kier alpha value is -0.570. The molecule has 0 aromatic carbocycles. The molecular formula is C14H26N2O. The van der Waals surface area contributed by atoms with Crippen molar-refractivity contribution in [2.75, 3.05) is 13.1 Å². The molecule has 1 heterocycles. The second-order valence-electron chi connectivity index (χ2n) is 6.30. The second-order valence-corrected chi connectivity index (χ2v) is 6.30. The van der Waals surface area contributed by atoms with Gasteiger partial charge in [-0.25, -0.2) is 0 Å². The van der Waals surface area contributed by atoms with Crippen molar-refractivity contribution in [1.29, 1.82) is 0 Å². The lowest BCUT2D eigenvalue weighted by Crippen LogP contribution is -2.48. The van der Waals surface area contributed by atoms with Crippen molar-refractivity contribution in [3.8, 4) is 0 Å². The Kier molecular flexibility index (Phi) is 3.76. The molecule has 1 saturated heterocycles. The lowest BCUT2D eigenvalue weighted by atomic mass is 9.66. The van der Waals surface area contributed by atoms with E-state index in [1.54, 1.807) is 0 Å². The number of piperidine rings is 1. The SMILES string of the molecule is CC1CCN(C(=O)CC2(CN)CCC2)C(C)C1. The van der Waals surface area contributed by atoms with Crippen molar-refractivity contribution >= 4 is 5.91 Å². The fourth-order valence-electron chi connectivity index (χ4n) is 3.33. The summed E-state index contributed by atoms with van der Waals surface area (Å²) in [5.41, 5.74) is 5.99. The summed E-state index contributed by atoms with van der Waals surface area (Å²) >= 11 is 0. The summed E-state index contributed by atoms with van der Waals surface area (Å²) < 4.78 is 0. The van der Waals surface area contributed by atoms with E-state index >= 15 is 0 Å². The minimum atomic E-state index is 0.153. The van der Waals surface area contributed by atoms with Crippen LogP contribution in [0.1, 0.15) is 52.4 Å². The van der Waals surface area contributed by atoms with E-state index in [0.717, 1.165) is 38.1 Å². The Morgan fingerprint density at radius 2 is 2.12 bits per heavy atom. The molecule has 2 aliphatic rings. The molecule has 1 amide bonds. The molecule has 0 aromatic heterocycles. The molecule has 1 saturated carbocycles. The molecule has 2 fully saturated rings. The molecule has 17 heavy (non-hydrogen) atoms. The van der Waals surface area contributed by atoms with Gasteiger partial charge in [-0.3, -0.25) is 4.79 Å². The van der Waals surface area contributed by atoms with Gasteiger partial charge in [0, 0.05) is 19.0 Å². The highest BCUT2D eigenvalue weighted by Crippen LogP contribution is 2.43. The number of amides is 1. The number of carbonyl (C=O) groups excluding carboxylic acids is 1. The van der Waals surface area contributed by atoms with Crippen LogP contribution in [0.2, 0.25) is 0 Å². The predicted molar refractivity (Wildman–Crippen MR) is 69.5 cm³/mol. The van der Waals surface area contributed by atoms with Crippen LogP contribution < -0.4 is 5.73 Å². The largest absolute Gasteiger partial charge is 0.340 e. The van der Waals surface area contributed by atoms with E-state index in [4.69, 9.17) is 5.73 Å². The number of likely N-dealkylation sites (tertiary alicyclic amines) is 1. The molecule has 2 N–H and O–H groups in total. The minimum Gasteiger partial charge on any atom is -0.340 e. The van der Waals surface area contributed by atoms with Crippen molar-refractivity contribution in [2.24, 2.45) is 17.1 Å². The number of hydrogen-bond acceptors (Lipinski definition) is 2. The van der Waals surface area contributed by atoms with Crippen LogP contribution in [0.5, 0.6) is 0 Å². The van der Waals surface area contributed by atoms with Crippen LogP contribution in [0.4, 0.5) is 0 Å². The summed E-state index contributed by atoms with van der Waals surface area (Å²) in [6.45, 7) is 6.09. The molecule has 3 heteroatoms. The number of hydrogen-bond donors (Lipinski definition) is 1. The molecule has 0 radical (unpaired) electrons. The molecular weight excluding hydrogens is 212 g/mol. The zero-order chi connectivity index (χ0) is 12.5. The highest BCUT2D eigenvalue weighted by molar-refractivity contribution is 5.77. The van der Waals surface area contributed by atoms with Gasteiger partial charge in [-0.2, -0.15) is 0 Å². The summed E-state index contributed by atoms with van der Waals surface area (Å²) in [5.74, 6) is 1.11. The van der Waals surface area contributed by atoms with Gasteiger partial charge in [0.15, 0.2) is 0 Å². The molecule has 0 spiro atoms. The van der Waals surface area contributed by atoms with Crippen LogP contribution in [0, 0.1) is 11.3 Å². The maximum atomic E-state index is 12.4. The standard InChI is InChI=1S/C14H26N2O/c1-11-4-7-16(12(2)8-11)13(17)9-14(10-15)5-3-6-14/h11-12H,3-10,15H2,1-2H3. The zero-order valence-corrected chi connectivity index (χ0v) is 11.2. The molecule has 1 aliphatic heterocycles. The first kappa shape index (κ1) is 12.9. The average molecular weight is 238 g/mol. The van der Waals surface area contributed by atoms with Gasteiger partial charge in [0.05, 0.1) is 0 Å². The van der Waals surface area contributed by atoms with E-state index in [2.05, 4.69) is 18.7 Å². The van der Waals surface area contributed by atoms with Crippen molar-refractivity contribution in [3.05, 3.63) is 0 Å². The van der Waals surface area contributed by atoms with Gasteiger partial charge in [0.2, 0.25) is 5.91 Å². The Labute approximate surface area is 105 Å². The van der Waals surface area contributed by atoms with Gasteiger partial charge in [-0.1, -0.05) is 13.3 Å². The third-order valence-electron chi connectivity index (χ3n) is 4.83. The van der Waals surface area contributed by atoms with Crippen LogP contribution in [0.15, 0.2) is 0 Å². The monoisotopic (exact) mass is 238 g/mol. The van der Waals surface area contributed by atoms with E-state index < -0.39 is 0 Å².